The lowest BCUT2D eigenvalue weighted by atomic mass is 10.0. The lowest BCUT2D eigenvalue weighted by Crippen LogP contribution is -2.34. The van der Waals surface area contributed by atoms with Gasteiger partial charge in [0.05, 0.1) is 5.69 Å². The summed E-state index contributed by atoms with van der Waals surface area (Å²) in [5, 5.41) is 0. The number of hydrogen-bond acceptors (Lipinski definition) is 2. The Morgan fingerprint density at radius 2 is 1.94 bits per heavy atom. The van der Waals surface area contributed by atoms with Gasteiger partial charge in [0.1, 0.15) is 5.82 Å². The molecule has 0 heterocycles. The van der Waals surface area contributed by atoms with Crippen molar-refractivity contribution in [3.05, 3.63) is 29.6 Å². The molecule has 2 atom stereocenters. The first kappa shape index (κ1) is 15.0. The van der Waals surface area contributed by atoms with Gasteiger partial charge in [-0.3, -0.25) is 0 Å². The molecule has 0 radical (unpaired) electrons. The molecule has 3 heteroatoms. The molecule has 1 rings (SSSR count). The molecule has 0 bridgehead atoms. The standard InChI is InChI=1S/C15H25FN2/c1-5-12(4)18(6-2)15-13(10-11(3)17)8-7-9-14(15)16/h7-9,11-12H,5-6,10,17H2,1-4H3. The quantitative estimate of drug-likeness (QED) is 0.841. The Labute approximate surface area is 110 Å². The zero-order valence-corrected chi connectivity index (χ0v) is 11.9. The third-order valence-electron chi connectivity index (χ3n) is 3.36. The van der Waals surface area contributed by atoms with Gasteiger partial charge >= 0.3 is 0 Å². The van der Waals surface area contributed by atoms with Crippen molar-refractivity contribution >= 4 is 5.69 Å². The lowest BCUT2D eigenvalue weighted by molar-refractivity contribution is 0.577. The maximum atomic E-state index is 14.2. The summed E-state index contributed by atoms with van der Waals surface area (Å²) < 4.78 is 14.2. The normalized spacial score (nSPS) is 14.3. The molecule has 2 unspecified atom stereocenters. The van der Waals surface area contributed by atoms with Gasteiger partial charge in [-0.05, 0) is 45.2 Å². The fourth-order valence-electron chi connectivity index (χ4n) is 2.30. The summed E-state index contributed by atoms with van der Waals surface area (Å²) in [5.41, 5.74) is 7.59. The Hall–Kier alpha value is -1.09. The van der Waals surface area contributed by atoms with Crippen LogP contribution in [0.4, 0.5) is 10.1 Å². The van der Waals surface area contributed by atoms with Crippen molar-refractivity contribution in [2.24, 2.45) is 5.73 Å². The Bertz CT molecular complexity index is 377. The molecule has 0 amide bonds. The second kappa shape index (κ2) is 6.74. The largest absolute Gasteiger partial charge is 0.367 e. The number of nitrogens with zero attached hydrogens (tertiary/aromatic N) is 1. The van der Waals surface area contributed by atoms with Crippen LogP contribution >= 0.6 is 0 Å². The zero-order valence-electron chi connectivity index (χ0n) is 11.9. The van der Waals surface area contributed by atoms with E-state index in [2.05, 4.69) is 25.7 Å². The van der Waals surface area contributed by atoms with Gasteiger partial charge in [0.2, 0.25) is 0 Å². The minimum Gasteiger partial charge on any atom is -0.367 e. The summed E-state index contributed by atoms with van der Waals surface area (Å²) in [5.74, 6) is -0.143. The zero-order chi connectivity index (χ0) is 13.7. The highest BCUT2D eigenvalue weighted by atomic mass is 19.1. The molecule has 1 aromatic rings. The van der Waals surface area contributed by atoms with E-state index in [1.54, 1.807) is 6.07 Å². The SMILES string of the molecule is CCC(C)N(CC)c1c(F)cccc1CC(C)N. The van der Waals surface area contributed by atoms with Crippen LogP contribution in [0.3, 0.4) is 0 Å². The Kier molecular flexibility index (Phi) is 5.60. The summed E-state index contributed by atoms with van der Waals surface area (Å²) in [6.45, 7) is 9.08. The van der Waals surface area contributed by atoms with Crippen LogP contribution in [0.2, 0.25) is 0 Å². The van der Waals surface area contributed by atoms with Crippen molar-refractivity contribution in [2.75, 3.05) is 11.4 Å². The number of para-hydroxylation sites is 1. The summed E-state index contributed by atoms with van der Waals surface area (Å²) in [6, 6.07) is 5.65. The molecule has 0 aromatic heterocycles. The molecular formula is C15H25FN2. The van der Waals surface area contributed by atoms with Gasteiger partial charge in [0.15, 0.2) is 0 Å². The Balaban J connectivity index is 3.18. The summed E-state index contributed by atoms with van der Waals surface area (Å²) in [4.78, 5) is 2.13. The van der Waals surface area contributed by atoms with E-state index >= 15 is 0 Å². The van der Waals surface area contributed by atoms with Crippen LogP contribution in [0.15, 0.2) is 18.2 Å². The maximum Gasteiger partial charge on any atom is 0.146 e. The summed E-state index contributed by atoms with van der Waals surface area (Å²) >= 11 is 0. The van der Waals surface area contributed by atoms with E-state index in [1.807, 2.05) is 13.0 Å². The van der Waals surface area contributed by atoms with Gasteiger partial charge in [0.25, 0.3) is 0 Å². The molecule has 0 saturated carbocycles. The third kappa shape index (κ3) is 3.45. The average molecular weight is 252 g/mol. The molecule has 0 fully saturated rings. The minimum atomic E-state index is -0.143. The predicted octanol–water partition coefficient (Wildman–Crippen LogP) is 3.34. The van der Waals surface area contributed by atoms with Crippen LogP contribution in [0, 0.1) is 5.82 Å². The number of anilines is 1. The van der Waals surface area contributed by atoms with Gasteiger partial charge in [-0.2, -0.15) is 0 Å². The Morgan fingerprint density at radius 1 is 1.28 bits per heavy atom. The monoisotopic (exact) mass is 252 g/mol. The number of hydrogen-bond donors (Lipinski definition) is 1. The van der Waals surface area contributed by atoms with Crippen LogP contribution in [0.25, 0.3) is 0 Å². The van der Waals surface area contributed by atoms with Gasteiger partial charge in [-0.1, -0.05) is 19.1 Å². The molecule has 102 valence electrons. The van der Waals surface area contributed by atoms with Gasteiger partial charge in [-0.25, -0.2) is 4.39 Å². The fraction of sp³-hybridized carbons (Fsp3) is 0.600. The molecule has 1 aromatic carbocycles. The summed E-state index contributed by atoms with van der Waals surface area (Å²) in [7, 11) is 0. The number of benzene rings is 1. The van der Waals surface area contributed by atoms with Gasteiger partial charge < -0.3 is 10.6 Å². The first-order valence-electron chi connectivity index (χ1n) is 6.80. The predicted molar refractivity (Wildman–Crippen MR) is 76.5 cm³/mol. The number of nitrogens with two attached hydrogens (primary N) is 1. The van der Waals surface area contributed by atoms with E-state index in [0.717, 1.165) is 24.2 Å². The Morgan fingerprint density at radius 3 is 2.44 bits per heavy atom. The van der Waals surface area contributed by atoms with E-state index in [-0.39, 0.29) is 11.9 Å². The van der Waals surface area contributed by atoms with Crippen LogP contribution < -0.4 is 10.6 Å². The first-order valence-corrected chi connectivity index (χ1v) is 6.80. The topological polar surface area (TPSA) is 29.3 Å². The summed E-state index contributed by atoms with van der Waals surface area (Å²) in [6.07, 6.45) is 1.71. The minimum absolute atomic E-state index is 0.0428. The molecule has 0 aliphatic heterocycles. The van der Waals surface area contributed by atoms with Crippen LogP contribution in [0.1, 0.15) is 39.7 Å². The van der Waals surface area contributed by atoms with Crippen molar-refractivity contribution in [1.29, 1.82) is 0 Å². The van der Waals surface area contributed by atoms with Crippen LogP contribution in [-0.4, -0.2) is 18.6 Å². The van der Waals surface area contributed by atoms with Gasteiger partial charge in [-0.15, -0.1) is 0 Å². The van der Waals surface area contributed by atoms with E-state index < -0.39 is 0 Å². The average Bonchev–Trinajstić information content (AvgIpc) is 2.32. The molecule has 18 heavy (non-hydrogen) atoms. The molecule has 2 N–H and O–H groups in total. The van der Waals surface area contributed by atoms with Crippen molar-refractivity contribution in [3.63, 3.8) is 0 Å². The fourth-order valence-corrected chi connectivity index (χ4v) is 2.30. The van der Waals surface area contributed by atoms with E-state index in [9.17, 15) is 4.39 Å². The van der Waals surface area contributed by atoms with E-state index in [1.165, 1.54) is 6.07 Å². The molecule has 2 nitrogen and oxygen atoms in total. The lowest BCUT2D eigenvalue weighted by Gasteiger charge is -2.32. The second-order valence-electron chi connectivity index (χ2n) is 4.97. The number of halogens is 1. The van der Waals surface area contributed by atoms with E-state index in [0.29, 0.717) is 12.5 Å². The van der Waals surface area contributed by atoms with Crippen LogP contribution in [-0.2, 0) is 6.42 Å². The highest BCUT2D eigenvalue weighted by Gasteiger charge is 2.19. The third-order valence-corrected chi connectivity index (χ3v) is 3.36. The molecular weight excluding hydrogens is 227 g/mol. The van der Waals surface area contributed by atoms with Crippen molar-refractivity contribution in [1.82, 2.24) is 0 Å². The molecule has 0 saturated heterocycles. The molecule has 0 spiro atoms. The van der Waals surface area contributed by atoms with Crippen molar-refractivity contribution in [2.45, 2.75) is 52.6 Å². The highest BCUT2D eigenvalue weighted by Crippen LogP contribution is 2.27. The van der Waals surface area contributed by atoms with E-state index in [4.69, 9.17) is 5.73 Å². The van der Waals surface area contributed by atoms with Gasteiger partial charge in [0, 0.05) is 18.6 Å². The first-order chi connectivity index (χ1) is 8.51. The molecule has 0 aliphatic carbocycles. The molecule has 0 aliphatic rings. The second-order valence-corrected chi connectivity index (χ2v) is 4.97. The van der Waals surface area contributed by atoms with Crippen molar-refractivity contribution in [3.8, 4) is 0 Å². The smallest absolute Gasteiger partial charge is 0.146 e. The maximum absolute atomic E-state index is 14.2. The highest BCUT2D eigenvalue weighted by molar-refractivity contribution is 5.56. The van der Waals surface area contributed by atoms with Crippen molar-refractivity contribution < 1.29 is 4.39 Å². The van der Waals surface area contributed by atoms with Crippen LogP contribution in [0.5, 0.6) is 0 Å². The number of rotatable bonds is 6.